The summed E-state index contributed by atoms with van der Waals surface area (Å²) in [7, 11) is 1.91. The zero-order valence-corrected chi connectivity index (χ0v) is 29.8. The van der Waals surface area contributed by atoms with E-state index in [0.29, 0.717) is 35.6 Å². The summed E-state index contributed by atoms with van der Waals surface area (Å²) in [5.74, 6) is -1.58. The molecule has 0 atom stereocenters. The van der Waals surface area contributed by atoms with E-state index in [2.05, 4.69) is 22.2 Å². The van der Waals surface area contributed by atoms with Crippen molar-refractivity contribution in [2.24, 2.45) is 17.8 Å². The number of nitrogens with zero attached hydrogens (tertiary/aromatic N) is 5. The molecule has 15 heteroatoms. The van der Waals surface area contributed by atoms with Crippen molar-refractivity contribution < 1.29 is 38.6 Å². The Labute approximate surface area is 301 Å². The van der Waals surface area contributed by atoms with Crippen LogP contribution >= 0.6 is 0 Å². The fourth-order valence-electron chi connectivity index (χ4n) is 4.79. The number of pyridine rings is 1. The number of ether oxygens (including phenoxy) is 2. The van der Waals surface area contributed by atoms with Crippen molar-refractivity contribution in [2.75, 3.05) is 30.0 Å². The molecule has 0 aliphatic heterocycles. The molecule has 2 aromatic heterocycles. The van der Waals surface area contributed by atoms with Gasteiger partial charge >= 0.3 is 18.0 Å². The van der Waals surface area contributed by atoms with Crippen molar-refractivity contribution >= 4 is 58.1 Å². The highest BCUT2D eigenvalue weighted by molar-refractivity contribution is 6.31. The topological polar surface area (TPSA) is 208 Å². The number of ketones is 1. The Morgan fingerprint density at radius 3 is 2.31 bits per heavy atom. The van der Waals surface area contributed by atoms with Gasteiger partial charge in [0.15, 0.2) is 0 Å². The molecule has 15 nitrogen and oxygen atoms in total. The number of aliphatic imine (C=N–C) groups is 1. The Balaban J connectivity index is 0.00000112. The van der Waals surface area contributed by atoms with E-state index in [0.717, 1.165) is 49.6 Å². The number of carboxylic acids is 1. The number of rotatable bonds is 16. The minimum Gasteiger partial charge on any atom is -0.476 e. The lowest BCUT2D eigenvalue weighted by Gasteiger charge is -2.21. The first-order chi connectivity index (χ1) is 24.9. The van der Waals surface area contributed by atoms with Crippen LogP contribution in [-0.2, 0) is 37.4 Å². The van der Waals surface area contributed by atoms with E-state index in [9.17, 15) is 24.0 Å². The third-order valence-corrected chi connectivity index (χ3v) is 7.60. The van der Waals surface area contributed by atoms with Crippen LogP contribution in [0.3, 0.4) is 0 Å². The van der Waals surface area contributed by atoms with Crippen LogP contribution in [0.25, 0.3) is 11.0 Å². The van der Waals surface area contributed by atoms with Crippen molar-refractivity contribution in [1.82, 2.24) is 14.5 Å². The van der Waals surface area contributed by atoms with Crippen molar-refractivity contribution in [1.29, 1.82) is 0 Å². The molecule has 0 unspecified atom stereocenters. The largest absolute Gasteiger partial charge is 0.476 e. The first-order valence-corrected chi connectivity index (χ1v) is 16.9. The minimum absolute atomic E-state index is 0.0455. The highest BCUT2D eigenvalue weighted by Crippen LogP contribution is 2.21. The van der Waals surface area contributed by atoms with Gasteiger partial charge in [-0.05, 0) is 67.9 Å². The molecule has 276 valence electrons. The van der Waals surface area contributed by atoms with Crippen molar-refractivity contribution in [2.45, 2.75) is 59.4 Å². The SMILES string of the molecule is CC(=O)C(=O)O.CCCCCCOC(=O)/N=C(/N)c1ccc(NCc2nc3cc(C(=O)N(CCC(=O)OCC)c4ccccn4)ccc3n2C)cc1. The summed E-state index contributed by atoms with van der Waals surface area (Å²) < 4.78 is 12.1. The molecule has 0 aliphatic carbocycles. The van der Waals surface area contributed by atoms with Crippen LogP contribution in [-0.4, -0.2) is 75.0 Å². The van der Waals surface area contributed by atoms with Gasteiger partial charge in [-0.1, -0.05) is 32.3 Å². The van der Waals surface area contributed by atoms with E-state index in [-0.39, 0.29) is 37.3 Å². The van der Waals surface area contributed by atoms with Gasteiger partial charge in [0.25, 0.3) is 5.91 Å². The van der Waals surface area contributed by atoms with Crippen molar-refractivity contribution in [3.05, 3.63) is 83.8 Å². The van der Waals surface area contributed by atoms with Gasteiger partial charge in [-0.2, -0.15) is 4.99 Å². The zero-order valence-electron chi connectivity index (χ0n) is 29.8. The first kappa shape index (κ1) is 40.3. The van der Waals surface area contributed by atoms with Gasteiger partial charge in [0, 0.05) is 43.5 Å². The van der Waals surface area contributed by atoms with Crippen LogP contribution in [0, 0.1) is 0 Å². The molecule has 4 N–H and O–H groups in total. The van der Waals surface area contributed by atoms with Gasteiger partial charge in [-0.3, -0.25) is 19.3 Å². The summed E-state index contributed by atoms with van der Waals surface area (Å²) in [6, 6.07) is 17.9. The molecule has 0 radical (unpaired) electrons. The second-order valence-corrected chi connectivity index (χ2v) is 11.5. The number of amidine groups is 1. The van der Waals surface area contributed by atoms with E-state index in [1.165, 1.54) is 4.90 Å². The number of amides is 2. The van der Waals surface area contributed by atoms with Gasteiger partial charge in [-0.15, -0.1) is 0 Å². The van der Waals surface area contributed by atoms with Gasteiger partial charge in [-0.25, -0.2) is 19.6 Å². The third kappa shape index (κ3) is 12.3. The summed E-state index contributed by atoms with van der Waals surface area (Å²) >= 11 is 0. The van der Waals surface area contributed by atoms with Crippen LogP contribution in [0.1, 0.15) is 74.6 Å². The number of aliphatic carboxylic acids is 1. The number of imidazole rings is 1. The molecule has 2 amide bonds. The summed E-state index contributed by atoms with van der Waals surface area (Å²) in [6.45, 7) is 6.02. The monoisotopic (exact) mass is 715 g/mol. The second kappa shape index (κ2) is 20.5. The summed E-state index contributed by atoms with van der Waals surface area (Å²) in [6.07, 6.45) is 4.99. The number of esters is 1. The number of unbranched alkanes of at least 4 members (excludes halogenated alkanes) is 3. The van der Waals surface area contributed by atoms with Crippen molar-refractivity contribution in [3.8, 4) is 0 Å². The average molecular weight is 716 g/mol. The van der Waals surface area contributed by atoms with E-state index in [1.807, 2.05) is 29.8 Å². The molecule has 0 bridgehead atoms. The molecule has 52 heavy (non-hydrogen) atoms. The van der Waals surface area contributed by atoms with Gasteiger partial charge < -0.3 is 30.2 Å². The maximum Gasteiger partial charge on any atom is 0.435 e. The number of nitrogens with one attached hydrogen (secondary N) is 1. The molecule has 0 saturated carbocycles. The van der Waals surface area contributed by atoms with Gasteiger partial charge in [0.05, 0.1) is 37.2 Å². The molecule has 0 aliphatic rings. The normalized spacial score (nSPS) is 10.9. The predicted molar refractivity (Wildman–Crippen MR) is 196 cm³/mol. The van der Waals surface area contributed by atoms with E-state index < -0.39 is 17.8 Å². The summed E-state index contributed by atoms with van der Waals surface area (Å²) in [5.41, 5.74) is 9.40. The van der Waals surface area contributed by atoms with Crippen molar-refractivity contribution in [3.63, 3.8) is 0 Å². The van der Waals surface area contributed by atoms with Crippen LogP contribution in [0.5, 0.6) is 0 Å². The molecule has 2 heterocycles. The molecule has 4 aromatic rings. The number of hydrogen-bond acceptors (Lipinski definition) is 10. The van der Waals surface area contributed by atoms with E-state index in [1.54, 1.807) is 55.6 Å². The quantitative estimate of drug-likeness (QED) is 0.0446. The van der Waals surface area contributed by atoms with Gasteiger partial charge in [0.1, 0.15) is 17.5 Å². The molecule has 4 rings (SSSR count). The highest BCUT2D eigenvalue weighted by atomic mass is 16.5. The maximum absolute atomic E-state index is 13.6. The fourth-order valence-corrected chi connectivity index (χ4v) is 4.79. The number of carbonyl (C=O) groups excluding carboxylic acids is 4. The number of fused-ring (bicyclic) bond motifs is 1. The lowest BCUT2D eigenvalue weighted by atomic mass is 10.1. The first-order valence-electron chi connectivity index (χ1n) is 16.9. The molecule has 0 saturated heterocycles. The number of carboxylic acid groups (broad SMARTS) is 1. The summed E-state index contributed by atoms with van der Waals surface area (Å²) in [4.78, 5) is 70.9. The van der Waals surface area contributed by atoms with Crippen LogP contribution in [0.15, 0.2) is 71.9 Å². The Kier molecular flexibility index (Phi) is 15.9. The number of aryl methyl sites for hydroxylation is 1. The van der Waals surface area contributed by atoms with Crippen LogP contribution < -0.4 is 16.0 Å². The smallest absolute Gasteiger partial charge is 0.435 e. The van der Waals surface area contributed by atoms with Crippen LogP contribution in [0.4, 0.5) is 16.3 Å². The number of hydrogen-bond donors (Lipinski definition) is 3. The number of nitrogens with two attached hydrogens (primary N) is 1. The molecular weight excluding hydrogens is 670 g/mol. The Hall–Kier alpha value is -6.12. The highest BCUT2D eigenvalue weighted by Gasteiger charge is 2.21. The standard InChI is InChI=1S/C34H41N7O5.C3H4O3/c1-4-6-7-10-21-46-34(44)39-32(35)24-12-15-26(16-13-24)37-23-30-38-27-22-25(14-17-28(27)40(30)3)33(43)41(20-18-31(42)45-5-2)29-11-8-9-19-36-29;1-2(4)3(5)6/h8-9,11-17,19,22,37H,4-7,10,18,20-21,23H2,1-3H3,(H2,35,39,44);1H3,(H,5,6). The average Bonchev–Trinajstić information content (AvgIpc) is 3.45. The minimum atomic E-state index is -1.38. The lowest BCUT2D eigenvalue weighted by molar-refractivity contribution is -0.148. The van der Waals surface area contributed by atoms with E-state index >= 15 is 0 Å². The molecule has 2 aromatic carbocycles. The zero-order chi connectivity index (χ0) is 38.0. The Bertz CT molecular complexity index is 1850. The lowest BCUT2D eigenvalue weighted by Crippen LogP contribution is -2.34. The molecular formula is C37H45N7O8. The predicted octanol–water partition coefficient (Wildman–Crippen LogP) is 5.26. The summed E-state index contributed by atoms with van der Waals surface area (Å²) in [5, 5.41) is 11.0. The molecule has 0 fully saturated rings. The Morgan fingerprint density at radius 2 is 1.67 bits per heavy atom. The van der Waals surface area contributed by atoms with Gasteiger partial charge in [0.2, 0.25) is 5.78 Å². The fraction of sp³-hybridized carbons (Fsp3) is 0.351. The van der Waals surface area contributed by atoms with E-state index in [4.69, 9.17) is 25.3 Å². The number of benzene rings is 2. The number of anilines is 2. The second-order valence-electron chi connectivity index (χ2n) is 11.5. The number of carbonyl (C=O) groups is 5. The maximum atomic E-state index is 13.6. The Morgan fingerprint density at radius 1 is 0.962 bits per heavy atom. The number of Topliss-reactive ketones (excluding diaryl/α,β-unsaturated/α-hetero) is 1. The third-order valence-electron chi connectivity index (χ3n) is 7.60. The van der Waals surface area contributed by atoms with Crippen LogP contribution in [0.2, 0.25) is 0 Å². The number of aromatic nitrogens is 3. The molecule has 0 spiro atoms.